The fourth-order valence-corrected chi connectivity index (χ4v) is 5.11. The van der Waals surface area contributed by atoms with Gasteiger partial charge in [0.15, 0.2) is 0 Å². The van der Waals surface area contributed by atoms with Crippen LogP contribution in [-0.4, -0.2) is 28.8 Å². The van der Waals surface area contributed by atoms with E-state index in [-0.39, 0.29) is 0 Å². The van der Waals surface area contributed by atoms with Crippen molar-refractivity contribution in [1.82, 2.24) is 9.97 Å². The van der Waals surface area contributed by atoms with Gasteiger partial charge in [0.2, 0.25) is 5.88 Å². The number of unbranched alkanes of at least 4 members (excludes halogenated alkanes) is 3. The van der Waals surface area contributed by atoms with Gasteiger partial charge < -0.3 is 9.64 Å². The van der Waals surface area contributed by atoms with Gasteiger partial charge in [-0.05, 0) is 88.6 Å². The molecule has 0 unspecified atom stereocenters. The molecule has 6 nitrogen and oxygen atoms in total. The van der Waals surface area contributed by atoms with Gasteiger partial charge in [0.25, 0.3) is 0 Å². The molecule has 2 aliphatic rings. The van der Waals surface area contributed by atoms with Crippen LogP contribution in [0.4, 0.5) is 5.82 Å². The highest BCUT2D eigenvalue weighted by atomic mass is 16.5. The van der Waals surface area contributed by atoms with E-state index in [1.54, 1.807) is 6.07 Å². The summed E-state index contributed by atoms with van der Waals surface area (Å²) in [7, 11) is 0. The number of anilines is 1. The molecule has 1 saturated heterocycles. The Labute approximate surface area is 221 Å². The molecule has 0 aliphatic carbocycles. The molecule has 1 aromatic carbocycles. The number of nitriles is 1. The molecule has 0 saturated carbocycles. The molecule has 0 spiro atoms. The van der Waals surface area contributed by atoms with Crippen LogP contribution in [0.1, 0.15) is 95.5 Å². The van der Waals surface area contributed by atoms with E-state index in [4.69, 9.17) is 9.73 Å². The van der Waals surface area contributed by atoms with Crippen molar-refractivity contribution >= 4 is 17.7 Å². The van der Waals surface area contributed by atoms with Gasteiger partial charge in [-0.25, -0.2) is 4.98 Å². The van der Waals surface area contributed by atoms with Crippen LogP contribution in [0.3, 0.4) is 0 Å². The molecule has 194 valence electrons. The number of hydrogen-bond donors (Lipinski definition) is 0. The van der Waals surface area contributed by atoms with E-state index in [0.29, 0.717) is 29.1 Å². The lowest BCUT2D eigenvalue weighted by atomic mass is 9.98. The Morgan fingerprint density at radius 2 is 2.00 bits per heavy atom. The predicted molar refractivity (Wildman–Crippen MR) is 151 cm³/mol. The molecule has 0 N–H and O–H groups in total. The molecule has 1 aromatic heterocycles. The third-order valence-corrected chi connectivity index (χ3v) is 7.24. The number of nitrogens with zero attached hydrogens (tertiary/aromatic N) is 5. The summed E-state index contributed by atoms with van der Waals surface area (Å²) in [5, 5.41) is 9.59. The average Bonchev–Trinajstić information content (AvgIpc) is 3.31. The largest absolute Gasteiger partial charge is 0.438 e. The van der Waals surface area contributed by atoms with Crippen molar-refractivity contribution in [3.8, 4) is 17.7 Å². The van der Waals surface area contributed by atoms with E-state index >= 15 is 0 Å². The Kier molecular flexibility index (Phi) is 9.11. The van der Waals surface area contributed by atoms with E-state index in [0.717, 1.165) is 55.7 Å². The molecular formula is C31H39N5O. The van der Waals surface area contributed by atoms with Crippen LogP contribution >= 0.6 is 0 Å². The average molecular weight is 498 g/mol. The second-order valence-electron chi connectivity index (χ2n) is 10.2. The summed E-state index contributed by atoms with van der Waals surface area (Å²) < 4.78 is 6.41. The lowest BCUT2D eigenvalue weighted by Gasteiger charge is -2.23. The van der Waals surface area contributed by atoms with Crippen molar-refractivity contribution in [2.45, 2.75) is 91.5 Å². The van der Waals surface area contributed by atoms with E-state index in [2.05, 4.69) is 47.8 Å². The highest BCUT2D eigenvalue weighted by Gasteiger charge is 2.23. The Balaban J connectivity index is 1.65. The number of ether oxygens (including phenoxy) is 1. The summed E-state index contributed by atoms with van der Waals surface area (Å²) in [6.07, 6.45) is 14.6. The smallest absolute Gasteiger partial charge is 0.224 e. The third-order valence-electron chi connectivity index (χ3n) is 7.24. The molecule has 1 atom stereocenters. The lowest BCUT2D eigenvalue weighted by Crippen LogP contribution is -2.27. The Hall–Kier alpha value is -3.46. The van der Waals surface area contributed by atoms with Crippen LogP contribution in [0.5, 0.6) is 11.6 Å². The first kappa shape index (κ1) is 26.6. The first-order chi connectivity index (χ1) is 18.0. The molecule has 0 radical (unpaired) electrons. The minimum atomic E-state index is 0.445. The van der Waals surface area contributed by atoms with Gasteiger partial charge in [0, 0.05) is 30.4 Å². The van der Waals surface area contributed by atoms with Crippen LogP contribution < -0.4 is 9.64 Å². The first-order valence-corrected chi connectivity index (χ1v) is 13.8. The SMILES string of the molecule is CCCCCCC1=CCC/C(C)=C(\c2ccc(C#N)cc2Oc2cc(N3CCC[C@H]3C)nc(C)n2)N=C1. The lowest BCUT2D eigenvalue weighted by molar-refractivity contribution is 0.458. The van der Waals surface area contributed by atoms with Gasteiger partial charge in [-0.2, -0.15) is 10.2 Å². The van der Waals surface area contributed by atoms with Gasteiger partial charge in [0.1, 0.15) is 17.4 Å². The molecule has 4 rings (SSSR count). The van der Waals surface area contributed by atoms with Gasteiger partial charge in [-0.1, -0.05) is 32.3 Å². The maximum atomic E-state index is 9.59. The zero-order chi connectivity index (χ0) is 26.2. The fraction of sp³-hybridized carbons (Fsp3) is 0.484. The second kappa shape index (κ2) is 12.7. The fourth-order valence-electron chi connectivity index (χ4n) is 5.11. The van der Waals surface area contributed by atoms with E-state index in [1.165, 1.54) is 36.8 Å². The van der Waals surface area contributed by atoms with Crippen LogP contribution in [0, 0.1) is 18.3 Å². The van der Waals surface area contributed by atoms with E-state index in [1.807, 2.05) is 31.3 Å². The molecule has 0 bridgehead atoms. The summed E-state index contributed by atoms with van der Waals surface area (Å²) in [5.74, 6) is 2.64. The number of aliphatic imine (C=N–C) groups is 1. The predicted octanol–water partition coefficient (Wildman–Crippen LogP) is 7.93. The topological polar surface area (TPSA) is 74.4 Å². The van der Waals surface area contributed by atoms with Crippen molar-refractivity contribution in [3.05, 3.63) is 58.4 Å². The van der Waals surface area contributed by atoms with Crippen molar-refractivity contribution in [3.63, 3.8) is 0 Å². The highest BCUT2D eigenvalue weighted by Crippen LogP contribution is 2.36. The van der Waals surface area contributed by atoms with Crippen LogP contribution in [0.25, 0.3) is 5.70 Å². The maximum absolute atomic E-state index is 9.59. The molecular weight excluding hydrogens is 458 g/mol. The molecule has 37 heavy (non-hydrogen) atoms. The number of benzene rings is 1. The number of aryl methyl sites for hydroxylation is 1. The zero-order valence-electron chi connectivity index (χ0n) is 22.8. The minimum Gasteiger partial charge on any atom is -0.438 e. The van der Waals surface area contributed by atoms with Crippen LogP contribution in [0.2, 0.25) is 0 Å². The summed E-state index contributed by atoms with van der Waals surface area (Å²) in [5.41, 5.74) is 4.85. The molecule has 2 aromatic rings. The minimum absolute atomic E-state index is 0.445. The van der Waals surface area contributed by atoms with Crippen molar-refractivity contribution < 1.29 is 4.74 Å². The maximum Gasteiger partial charge on any atom is 0.224 e. The Bertz CT molecular complexity index is 1240. The summed E-state index contributed by atoms with van der Waals surface area (Å²) in [6.45, 7) is 9.49. The zero-order valence-corrected chi connectivity index (χ0v) is 22.8. The monoisotopic (exact) mass is 497 g/mol. The highest BCUT2D eigenvalue weighted by molar-refractivity contribution is 5.87. The molecule has 1 fully saturated rings. The van der Waals surface area contributed by atoms with E-state index < -0.39 is 0 Å². The van der Waals surface area contributed by atoms with Crippen molar-refractivity contribution in [2.24, 2.45) is 4.99 Å². The van der Waals surface area contributed by atoms with E-state index in [9.17, 15) is 5.26 Å². The number of aromatic nitrogens is 2. The molecule has 0 amide bonds. The van der Waals surface area contributed by atoms with Gasteiger partial charge >= 0.3 is 0 Å². The number of rotatable bonds is 9. The summed E-state index contributed by atoms with van der Waals surface area (Å²) >= 11 is 0. The molecule has 6 heteroatoms. The number of allylic oxidation sites excluding steroid dienone is 3. The van der Waals surface area contributed by atoms with Gasteiger partial charge in [0.05, 0.1) is 17.3 Å². The summed E-state index contributed by atoms with van der Waals surface area (Å²) in [4.78, 5) is 16.5. The normalized spacial score (nSPS) is 19.8. The molecule has 2 aliphatic heterocycles. The standard InChI is InChI=1S/C31H39N5O/c1-5-6-7-8-13-25-14-9-11-22(2)31(33-21-25)27-16-15-26(20-32)18-28(27)37-30-19-29(34-24(4)35-30)36-17-10-12-23(36)3/h14-16,18-19,21,23H,5-13,17H2,1-4H3/b25-14?,31-22+,33-21?/t23-/m1/s1. The first-order valence-electron chi connectivity index (χ1n) is 13.8. The van der Waals surface area contributed by atoms with Gasteiger partial charge in [-0.15, -0.1) is 0 Å². The van der Waals surface area contributed by atoms with Crippen LogP contribution in [-0.2, 0) is 0 Å². The Morgan fingerprint density at radius 3 is 2.76 bits per heavy atom. The summed E-state index contributed by atoms with van der Waals surface area (Å²) in [6, 6.07) is 10.2. The number of hydrogen-bond acceptors (Lipinski definition) is 6. The van der Waals surface area contributed by atoms with Crippen LogP contribution in [0.15, 0.2) is 46.5 Å². The molecule has 3 heterocycles. The third kappa shape index (κ3) is 6.85. The van der Waals surface area contributed by atoms with Crippen molar-refractivity contribution in [2.75, 3.05) is 11.4 Å². The van der Waals surface area contributed by atoms with Crippen molar-refractivity contribution in [1.29, 1.82) is 5.26 Å². The second-order valence-corrected chi connectivity index (χ2v) is 10.2. The Morgan fingerprint density at radius 1 is 1.14 bits per heavy atom. The van der Waals surface area contributed by atoms with Gasteiger partial charge in [-0.3, -0.25) is 4.99 Å². The quantitative estimate of drug-likeness (QED) is 0.329.